The number of phenols is 2. The molecule has 0 aromatic heterocycles. The van der Waals surface area contributed by atoms with Crippen LogP contribution in [0.25, 0.3) is 0 Å². The zero-order chi connectivity index (χ0) is 22.2. The molecule has 2 rings (SSSR count). The van der Waals surface area contributed by atoms with E-state index >= 15 is 0 Å². The van der Waals surface area contributed by atoms with Crippen LogP contribution in [0.15, 0.2) is 48.5 Å². The maximum atomic E-state index is 11.2. The number of aliphatic hydroxyl groups is 2. The minimum absolute atomic E-state index is 0.137. The van der Waals surface area contributed by atoms with Gasteiger partial charge in [0, 0.05) is 0 Å². The van der Waals surface area contributed by atoms with Gasteiger partial charge in [0.05, 0.1) is 37.6 Å². The number of phenolic OH excluding ortho intramolecular Hbond substituents is 2. The van der Waals surface area contributed by atoms with Crippen molar-refractivity contribution in [3.63, 3.8) is 0 Å². The fourth-order valence-corrected chi connectivity index (χ4v) is 1.59. The molecule has 0 aliphatic carbocycles. The second kappa shape index (κ2) is 14.9. The first-order valence-corrected chi connectivity index (χ1v) is 8.87. The summed E-state index contributed by atoms with van der Waals surface area (Å²) < 4.78 is 9.35. The van der Waals surface area contributed by atoms with Gasteiger partial charge in [0.15, 0.2) is 0 Å². The Labute approximate surface area is 170 Å². The summed E-state index contributed by atoms with van der Waals surface area (Å²) in [6.07, 6.45) is 0.249. The standard InChI is InChI=1S/C10H12O3.C8H8O3.C3H8O2/c1-2-7-13-10(12)8-3-5-9(11)6-4-8;1-11-8(10)6-2-4-7(9)5-3-6;1-3(5)2-4/h3-6,11H,2,7H2,1H3;2-5,9H,1H3;3-5H,2H2,1H3. The molecule has 4 N–H and O–H groups in total. The van der Waals surface area contributed by atoms with Gasteiger partial charge < -0.3 is 29.9 Å². The number of aromatic hydroxyl groups is 2. The van der Waals surface area contributed by atoms with E-state index in [4.69, 9.17) is 25.2 Å². The van der Waals surface area contributed by atoms with Crippen molar-refractivity contribution in [2.24, 2.45) is 0 Å². The van der Waals surface area contributed by atoms with Crippen molar-refractivity contribution >= 4 is 11.9 Å². The van der Waals surface area contributed by atoms with Crippen LogP contribution in [0.3, 0.4) is 0 Å². The van der Waals surface area contributed by atoms with E-state index in [9.17, 15) is 9.59 Å². The Bertz CT molecular complexity index is 708. The number of hydrogen-bond donors (Lipinski definition) is 4. The Kier molecular flexibility index (Phi) is 13.3. The lowest BCUT2D eigenvalue weighted by Gasteiger charge is -2.02. The van der Waals surface area contributed by atoms with Gasteiger partial charge in [-0.15, -0.1) is 0 Å². The van der Waals surface area contributed by atoms with E-state index < -0.39 is 12.1 Å². The second-order valence-electron chi connectivity index (χ2n) is 5.75. The second-order valence-corrected chi connectivity index (χ2v) is 5.75. The number of hydrogen-bond acceptors (Lipinski definition) is 8. The lowest BCUT2D eigenvalue weighted by Crippen LogP contribution is -2.05. The van der Waals surface area contributed by atoms with Crippen molar-refractivity contribution in [2.75, 3.05) is 20.3 Å². The SMILES string of the molecule is CC(O)CO.CCCOC(=O)c1ccc(O)cc1.COC(=O)c1ccc(O)cc1. The number of methoxy groups -OCH3 is 1. The Balaban J connectivity index is 0.000000445. The molecule has 1 unspecified atom stereocenters. The van der Waals surface area contributed by atoms with Crippen LogP contribution in [-0.2, 0) is 9.47 Å². The summed E-state index contributed by atoms with van der Waals surface area (Å²) >= 11 is 0. The average Bonchev–Trinajstić information content (AvgIpc) is 2.73. The monoisotopic (exact) mass is 408 g/mol. The molecule has 0 amide bonds. The molecule has 0 saturated heterocycles. The van der Waals surface area contributed by atoms with Crippen LogP contribution < -0.4 is 0 Å². The summed E-state index contributed by atoms with van der Waals surface area (Å²) in [5.41, 5.74) is 0.900. The predicted molar refractivity (Wildman–Crippen MR) is 107 cm³/mol. The molecule has 0 aliphatic heterocycles. The van der Waals surface area contributed by atoms with Crippen LogP contribution in [0.1, 0.15) is 41.0 Å². The van der Waals surface area contributed by atoms with Crippen LogP contribution in [0.4, 0.5) is 0 Å². The van der Waals surface area contributed by atoms with Gasteiger partial charge in [-0.3, -0.25) is 0 Å². The Morgan fingerprint density at radius 1 is 0.897 bits per heavy atom. The van der Waals surface area contributed by atoms with Crippen LogP contribution in [-0.4, -0.2) is 58.8 Å². The quantitative estimate of drug-likeness (QED) is 0.555. The van der Waals surface area contributed by atoms with E-state index in [1.165, 1.54) is 62.6 Å². The number of carbonyl (C=O) groups excluding carboxylic acids is 2. The lowest BCUT2D eigenvalue weighted by atomic mass is 10.2. The van der Waals surface area contributed by atoms with Crippen LogP contribution in [0.2, 0.25) is 0 Å². The van der Waals surface area contributed by atoms with Gasteiger partial charge >= 0.3 is 11.9 Å². The first-order chi connectivity index (χ1) is 13.7. The summed E-state index contributed by atoms with van der Waals surface area (Å²) in [4.78, 5) is 22.0. The summed E-state index contributed by atoms with van der Waals surface area (Å²) in [7, 11) is 1.31. The third-order valence-electron chi connectivity index (χ3n) is 3.09. The zero-order valence-electron chi connectivity index (χ0n) is 16.7. The lowest BCUT2D eigenvalue weighted by molar-refractivity contribution is 0.0504. The molecular formula is C21H28O8. The number of carbonyl (C=O) groups is 2. The normalized spacial score (nSPS) is 10.4. The first kappa shape index (κ1) is 25.9. The van der Waals surface area contributed by atoms with Gasteiger partial charge in [-0.25, -0.2) is 9.59 Å². The summed E-state index contributed by atoms with van der Waals surface area (Å²) in [6, 6.07) is 11.9. The summed E-state index contributed by atoms with van der Waals surface area (Å²) in [5, 5.41) is 33.8. The van der Waals surface area contributed by atoms with Gasteiger partial charge in [-0.1, -0.05) is 6.92 Å². The van der Waals surface area contributed by atoms with Gasteiger partial charge in [0.2, 0.25) is 0 Å². The van der Waals surface area contributed by atoms with Crippen LogP contribution in [0.5, 0.6) is 11.5 Å². The molecule has 0 radical (unpaired) electrons. The molecule has 8 nitrogen and oxygen atoms in total. The van der Waals surface area contributed by atoms with Crippen LogP contribution in [0, 0.1) is 0 Å². The molecule has 0 fully saturated rings. The number of aliphatic hydroxyl groups excluding tert-OH is 2. The highest BCUT2D eigenvalue weighted by molar-refractivity contribution is 5.89. The average molecular weight is 408 g/mol. The molecule has 8 heteroatoms. The smallest absolute Gasteiger partial charge is 0.338 e. The zero-order valence-corrected chi connectivity index (χ0v) is 16.7. The Hall–Kier alpha value is -3.10. The topological polar surface area (TPSA) is 134 Å². The predicted octanol–water partition coefficient (Wildman–Crippen LogP) is 2.50. The number of rotatable bonds is 5. The summed E-state index contributed by atoms with van der Waals surface area (Å²) in [5.74, 6) is -0.462. The fourth-order valence-electron chi connectivity index (χ4n) is 1.59. The third-order valence-corrected chi connectivity index (χ3v) is 3.09. The maximum Gasteiger partial charge on any atom is 0.338 e. The highest BCUT2D eigenvalue weighted by Crippen LogP contribution is 2.11. The first-order valence-electron chi connectivity index (χ1n) is 8.87. The van der Waals surface area contributed by atoms with Crippen molar-refractivity contribution in [1.29, 1.82) is 0 Å². The van der Waals surface area contributed by atoms with Gasteiger partial charge in [0.25, 0.3) is 0 Å². The number of esters is 2. The molecule has 1 atom stereocenters. The van der Waals surface area contributed by atoms with Crippen LogP contribution >= 0.6 is 0 Å². The molecule has 160 valence electrons. The maximum absolute atomic E-state index is 11.2. The molecule has 2 aromatic carbocycles. The van der Waals surface area contributed by atoms with Crippen molar-refractivity contribution in [3.8, 4) is 11.5 Å². The largest absolute Gasteiger partial charge is 0.508 e. The molecule has 0 spiro atoms. The minimum Gasteiger partial charge on any atom is -0.508 e. The highest BCUT2D eigenvalue weighted by Gasteiger charge is 2.05. The van der Waals surface area contributed by atoms with E-state index in [1.54, 1.807) is 0 Å². The Morgan fingerprint density at radius 2 is 1.28 bits per heavy atom. The number of benzene rings is 2. The van der Waals surface area contributed by atoms with Gasteiger partial charge in [0.1, 0.15) is 11.5 Å². The molecule has 2 aromatic rings. The van der Waals surface area contributed by atoms with Gasteiger partial charge in [-0.05, 0) is 61.9 Å². The van der Waals surface area contributed by atoms with Crippen molar-refractivity contribution in [1.82, 2.24) is 0 Å². The van der Waals surface area contributed by atoms with Gasteiger partial charge in [-0.2, -0.15) is 0 Å². The molecular weight excluding hydrogens is 380 g/mol. The fraction of sp³-hybridized carbons (Fsp3) is 0.333. The molecule has 0 aliphatic rings. The van der Waals surface area contributed by atoms with E-state index in [0.29, 0.717) is 17.7 Å². The molecule has 0 saturated carbocycles. The van der Waals surface area contributed by atoms with E-state index in [-0.39, 0.29) is 24.1 Å². The summed E-state index contributed by atoms with van der Waals surface area (Å²) in [6.45, 7) is 3.75. The van der Waals surface area contributed by atoms with Crippen molar-refractivity contribution in [2.45, 2.75) is 26.4 Å². The van der Waals surface area contributed by atoms with Crippen molar-refractivity contribution < 1.29 is 39.5 Å². The minimum atomic E-state index is -0.560. The van der Waals surface area contributed by atoms with Crippen molar-refractivity contribution in [3.05, 3.63) is 59.7 Å². The highest BCUT2D eigenvalue weighted by atomic mass is 16.5. The molecule has 29 heavy (non-hydrogen) atoms. The molecule has 0 heterocycles. The third kappa shape index (κ3) is 12.1. The van der Waals surface area contributed by atoms with E-state index in [2.05, 4.69) is 4.74 Å². The van der Waals surface area contributed by atoms with E-state index in [1.807, 2.05) is 6.92 Å². The van der Waals surface area contributed by atoms with E-state index in [0.717, 1.165) is 6.42 Å². The number of ether oxygens (including phenoxy) is 2. The Morgan fingerprint density at radius 3 is 1.59 bits per heavy atom. The molecule has 0 bridgehead atoms.